The fourth-order valence-corrected chi connectivity index (χ4v) is 4.27. The Morgan fingerprint density at radius 1 is 0.871 bits per heavy atom. The minimum atomic E-state index is 0.710. The quantitative estimate of drug-likeness (QED) is 0.574. The van der Waals surface area contributed by atoms with Crippen molar-refractivity contribution in [1.29, 1.82) is 0 Å². The van der Waals surface area contributed by atoms with Crippen molar-refractivity contribution in [3.05, 3.63) is 65.7 Å². The van der Waals surface area contributed by atoms with Crippen molar-refractivity contribution >= 4 is 11.6 Å². The lowest BCUT2D eigenvalue weighted by molar-refractivity contribution is 0.0341. The topological polar surface area (TPSA) is 43.3 Å². The highest BCUT2D eigenvalue weighted by Crippen LogP contribution is 2.17. The van der Waals surface area contributed by atoms with E-state index in [9.17, 15) is 0 Å². The molecule has 0 aromatic heterocycles. The van der Waals surface area contributed by atoms with Crippen LogP contribution in [0.5, 0.6) is 0 Å². The zero-order valence-corrected chi connectivity index (χ0v) is 18.7. The van der Waals surface area contributed by atoms with Gasteiger partial charge in [-0.25, -0.2) is 4.99 Å². The Morgan fingerprint density at radius 3 is 2.26 bits per heavy atom. The number of para-hydroxylation sites is 1. The zero-order valence-electron chi connectivity index (χ0n) is 18.7. The lowest BCUT2D eigenvalue weighted by Crippen LogP contribution is -2.52. The second-order valence-electron chi connectivity index (χ2n) is 8.14. The molecule has 0 amide bonds. The zero-order chi connectivity index (χ0) is 21.3. The summed E-state index contributed by atoms with van der Waals surface area (Å²) in [6.07, 6.45) is 0. The van der Waals surface area contributed by atoms with Crippen LogP contribution in [0.4, 0.5) is 5.69 Å². The molecule has 2 heterocycles. The predicted molar refractivity (Wildman–Crippen MR) is 128 cm³/mol. The molecule has 2 aromatic rings. The summed E-state index contributed by atoms with van der Waals surface area (Å²) < 4.78 is 5.50. The molecule has 0 unspecified atom stereocenters. The minimum Gasteiger partial charge on any atom is -0.379 e. The van der Waals surface area contributed by atoms with E-state index in [1.165, 1.54) is 16.8 Å². The number of nitrogens with one attached hydrogen (secondary N) is 1. The molecular formula is C25H35N5O. The molecule has 0 aliphatic carbocycles. The van der Waals surface area contributed by atoms with Crippen LogP contribution in [0.1, 0.15) is 18.1 Å². The number of hydrogen-bond acceptors (Lipinski definition) is 4. The van der Waals surface area contributed by atoms with E-state index in [4.69, 9.17) is 9.73 Å². The predicted octanol–water partition coefficient (Wildman–Crippen LogP) is 2.81. The SMILES string of the molecule is CCNC(=NCc1ccccc1CN1CCOCC1)N1CCN(c2ccccc2)CC1. The fraction of sp³-hybridized carbons (Fsp3) is 0.480. The Balaban J connectivity index is 1.39. The molecule has 2 aliphatic heterocycles. The third-order valence-electron chi connectivity index (χ3n) is 6.05. The minimum absolute atomic E-state index is 0.710. The van der Waals surface area contributed by atoms with E-state index >= 15 is 0 Å². The second kappa shape index (κ2) is 11.2. The number of nitrogens with zero attached hydrogens (tertiary/aromatic N) is 4. The molecule has 2 saturated heterocycles. The third kappa shape index (κ3) is 5.99. The molecule has 4 rings (SSSR count). The highest BCUT2D eigenvalue weighted by molar-refractivity contribution is 5.80. The van der Waals surface area contributed by atoms with Crippen LogP contribution in [-0.4, -0.2) is 74.8 Å². The van der Waals surface area contributed by atoms with Crippen molar-refractivity contribution in [2.75, 3.05) is 63.9 Å². The van der Waals surface area contributed by atoms with E-state index in [2.05, 4.69) is 81.5 Å². The van der Waals surface area contributed by atoms with Crippen LogP contribution in [0.3, 0.4) is 0 Å². The molecule has 2 aliphatic rings. The van der Waals surface area contributed by atoms with Gasteiger partial charge in [0.05, 0.1) is 19.8 Å². The summed E-state index contributed by atoms with van der Waals surface area (Å²) >= 11 is 0. The Morgan fingerprint density at radius 2 is 1.55 bits per heavy atom. The maximum Gasteiger partial charge on any atom is 0.194 e. The highest BCUT2D eigenvalue weighted by atomic mass is 16.5. The number of piperazine rings is 1. The van der Waals surface area contributed by atoms with Gasteiger partial charge in [-0.3, -0.25) is 4.90 Å². The normalized spacial score (nSPS) is 18.3. The standard InChI is InChI=1S/C25H35N5O/c1-2-26-25(30-14-12-29(13-15-30)24-10-4-3-5-11-24)27-20-22-8-6-7-9-23(22)21-28-16-18-31-19-17-28/h3-11H,2,12-21H2,1H3,(H,26,27). The van der Waals surface area contributed by atoms with Gasteiger partial charge in [0, 0.05) is 58.0 Å². The lowest BCUT2D eigenvalue weighted by Gasteiger charge is -2.37. The first-order chi connectivity index (χ1) is 15.3. The molecule has 1 N–H and O–H groups in total. The Bertz CT molecular complexity index is 827. The van der Waals surface area contributed by atoms with Crippen LogP contribution in [0.15, 0.2) is 59.6 Å². The Hall–Kier alpha value is -2.57. The third-order valence-corrected chi connectivity index (χ3v) is 6.05. The first kappa shape index (κ1) is 21.7. The number of rotatable bonds is 6. The number of anilines is 1. The Labute approximate surface area is 186 Å². The van der Waals surface area contributed by atoms with E-state index in [-0.39, 0.29) is 0 Å². The van der Waals surface area contributed by atoms with E-state index in [1.54, 1.807) is 0 Å². The van der Waals surface area contributed by atoms with Crippen LogP contribution in [0.2, 0.25) is 0 Å². The molecule has 0 spiro atoms. The smallest absolute Gasteiger partial charge is 0.194 e. The highest BCUT2D eigenvalue weighted by Gasteiger charge is 2.20. The monoisotopic (exact) mass is 421 g/mol. The molecule has 6 nitrogen and oxygen atoms in total. The molecule has 2 aromatic carbocycles. The molecule has 31 heavy (non-hydrogen) atoms. The first-order valence-corrected chi connectivity index (χ1v) is 11.5. The maximum absolute atomic E-state index is 5.50. The molecule has 166 valence electrons. The number of guanidine groups is 1. The van der Waals surface area contributed by atoms with Gasteiger partial charge >= 0.3 is 0 Å². The number of morpholine rings is 1. The average Bonchev–Trinajstić information content (AvgIpc) is 2.84. The summed E-state index contributed by atoms with van der Waals surface area (Å²) in [5, 5.41) is 3.51. The van der Waals surface area contributed by atoms with Gasteiger partial charge in [0.25, 0.3) is 0 Å². The summed E-state index contributed by atoms with van der Waals surface area (Å²) in [6, 6.07) is 19.4. The van der Waals surface area contributed by atoms with Gasteiger partial charge in [0.15, 0.2) is 5.96 Å². The number of hydrogen-bond donors (Lipinski definition) is 1. The molecule has 0 saturated carbocycles. The average molecular weight is 422 g/mol. The van der Waals surface area contributed by atoms with E-state index in [1.807, 2.05) is 0 Å². The molecule has 0 bridgehead atoms. The second-order valence-corrected chi connectivity index (χ2v) is 8.14. The molecule has 2 fully saturated rings. The van der Waals surface area contributed by atoms with Gasteiger partial charge in [-0.1, -0.05) is 42.5 Å². The first-order valence-electron chi connectivity index (χ1n) is 11.5. The molecular weight excluding hydrogens is 386 g/mol. The van der Waals surface area contributed by atoms with Crippen molar-refractivity contribution in [1.82, 2.24) is 15.1 Å². The van der Waals surface area contributed by atoms with E-state index in [0.29, 0.717) is 6.54 Å². The number of aliphatic imine (C=N–C) groups is 1. The fourth-order valence-electron chi connectivity index (χ4n) is 4.27. The molecule has 0 radical (unpaired) electrons. The summed E-state index contributed by atoms with van der Waals surface area (Å²) in [4.78, 5) is 12.4. The number of ether oxygens (including phenoxy) is 1. The van der Waals surface area contributed by atoms with Gasteiger partial charge < -0.3 is 19.9 Å². The van der Waals surface area contributed by atoms with Gasteiger partial charge in [-0.05, 0) is 30.2 Å². The summed E-state index contributed by atoms with van der Waals surface area (Å²) in [6.45, 7) is 12.4. The summed E-state index contributed by atoms with van der Waals surface area (Å²) in [5.41, 5.74) is 3.99. The van der Waals surface area contributed by atoms with Crippen molar-refractivity contribution < 1.29 is 4.74 Å². The summed E-state index contributed by atoms with van der Waals surface area (Å²) in [5.74, 6) is 1.02. The van der Waals surface area contributed by atoms with Crippen LogP contribution in [0, 0.1) is 0 Å². The van der Waals surface area contributed by atoms with Crippen LogP contribution >= 0.6 is 0 Å². The molecule has 0 atom stereocenters. The van der Waals surface area contributed by atoms with Gasteiger partial charge in [-0.2, -0.15) is 0 Å². The lowest BCUT2D eigenvalue weighted by atomic mass is 10.1. The van der Waals surface area contributed by atoms with Crippen molar-refractivity contribution in [2.24, 2.45) is 4.99 Å². The van der Waals surface area contributed by atoms with Crippen molar-refractivity contribution in [3.8, 4) is 0 Å². The van der Waals surface area contributed by atoms with Crippen LogP contribution in [0.25, 0.3) is 0 Å². The largest absolute Gasteiger partial charge is 0.379 e. The van der Waals surface area contributed by atoms with Crippen molar-refractivity contribution in [2.45, 2.75) is 20.0 Å². The number of benzene rings is 2. The van der Waals surface area contributed by atoms with Crippen LogP contribution < -0.4 is 10.2 Å². The van der Waals surface area contributed by atoms with E-state index in [0.717, 1.165) is 71.5 Å². The summed E-state index contributed by atoms with van der Waals surface area (Å²) in [7, 11) is 0. The Kier molecular flexibility index (Phi) is 7.80. The van der Waals surface area contributed by atoms with Crippen LogP contribution in [-0.2, 0) is 17.8 Å². The molecule has 6 heteroatoms. The van der Waals surface area contributed by atoms with Gasteiger partial charge in [0.1, 0.15) is 0 Å². The van der Waals surface area contributed by atoms with Gasteiger partial charge in [-0.15, -0.1) is 0 Å². The van der Waals surface area contributed by atoms with Crippen molar-refractivity contribution in [3.63, 3.8) is 0 Å². The van der Waals surface area contributed by atoms with Gasteiger partial charge in [0.2, 0.25) is 0 Å². The van der Waals surface area contributed by atoms with E-state index < -0.39 is 0 Å². The maximum atomic E-state index is 5.50.